The van der Waals surface area contributed by atoms with Gasteiger partial charge in [-0.1, -0.05) is 97.0 Å². The zero-order chi connectivity index (χ0) is 30.7. The third-order valence-electron chi connectivity index (χ3n) is 9.07. The Kier molecular flexibility index (Phi) is 9.56. The first-order chi connectivity index (χ1) is 20.0. The van der Waals surface area contributed by atoms with Gasteiger partial charge in [0, 0.05) is 51.1 Å². The largest absolute Gasteiger partial charge is 0.508 e. The molecule has 222 valence electrons. The minimum atomic E-state index is -0.300. The summed E-state index contributed by atoms with van der Waals surface area (Å²) in [6.07, 6.45) is 3.29. The quantitative estimate of drug-likeness (QED) is 0.154. The van der Waals surface area contributed by atoms with Crippen molar-refractivity contribution in [2.45, 2.75) is 91.9 Å². The molecule has 0 spiro atoms. The van der Waals surface area contributed by atoms with Crippen LogP contribution in [-0.2, 0) is 25.7 Å². The van der Waals surface area contributed by atoms with Crippen LogP contribution in [0.3, 0.4) is 0 Å². The number of phenols is 4. The van der Waals surface area contributed by atoms with Crippen molar-refractivity contribution in [2.24, 2.45) is 0 Å². The fraction of sp³-hybridized carbons (Fsp3) is 0.368. The van der Waals surface area contributed by atoms with Crippen molar-refractivity contribution in [1.82, 2.24) is 0 Å². The van der Waals surface area contributed by atoms with Crippen LogP contribution in [0.1, 0.15) is 122 Å². The van der Waals surface area contributed by atoms with Crippen molar-refractivity contribution in [1.29, 1.82) is 0 Å². The lowest BCUT2D eigenvalue weighted by atomic mass is 9.81. The van der Waals surface area contributed by atoms with Crippen molar-refractivity contribution in [3.63, 3.8) is 0 Å². The molecule has 0 bridgehead atoms. The molecule has 2 atom stereocenters. The molecular weight excluding hydrogens is 520 g/mol. The van der Waals surface area contributed by atoms with Crippen molar-refractivity contribution in [2.75, 3.05) is 0 Å². The van der Waals surface area contributed by atoms with E-state index in [2.05, 4.69) is 27.7 Å². The molecule has 4 heteroatoms. The second-order valence-corrected chi connectivity index (χ2v) is 11.6. The van der Waals surface area contributed by atoms with Crippen LogP contribution in [-0.4, -0.2) is 20.4 Å². The van der Waals surface area contributed by atoms with Gasteiger partial charge in [-0.05, 0) is 60.1 Å². The lowest BCUT2D eigenvalue weighted by Gasteiger charge is -2.25. The maximum atomic E-state index is 11.8. The standard InChI is InChI=1S/C38H46O4/c1-8-25-12-14-35(39)29(16-25)22(5)31-18-27(10-3)20-33(37(31)41)24(7)34-21-28(11-4)19-32(38(34)42)23(6)30-17-26(9-2)13-15-36(30)40/h12-24,39-42H,8-11H2,1-7H3. The Balaban J connectivity index is 1.85. The average Bonchev–Trinajstić information content (AvgIpc) is 3.00. The number of hydrogen-bond acceptors (Lipinski definition) is 4. The van der Waals surface area contributed by atoms with Crippen LogP contribution < -0.4 is 0 Å². The molecular formula is C38H46O4. The van der Waals surface area contributed by atoms with Gasteiger partial charge in [0.2, 0.25) is 0 Å². The zero-order valence-corrected chi connectivity index (χ0v) is 26.1. The third-order valence-corrected chi connectivity index (χ3v) is 9.07. The van der Waals surface area contributed by atoms with Gasteiger partial charge < -0.3 is 20.4 Å². The second-order valence-electron chi connectivity index (χ2n) is 11.6. The summed E-state index contributed by atoms with van der Waals surface area (Å²) < 4.78 is 0. The van der Waals surface area contributed by atoms with E-state index in [0.717, 1.165) is 81.3 Å². The van der Waals surface area contributed by atoms with Gasteiger partial charge in [0.15, 0.2) is 0 Å². The lowest BCUT2D eigenvalue weighted by Crippen LogP contribution is -2.07. The second kappa shape index (κ2) is 12.9. The number of benzene rings is 4. The van der Waals surface area contributed by atoms with E-state index in [1.165, 1.54) is 0 Å². The van der Waals surface area contributed by atoms with E-state index in [1.54, 1.807) is 12.1 Å². The first kappa shape index (κ1) is 31.0. The van der Waals surface area contributed by atoms with E-state index >= 15 is 0 Å². The summed E-state index contributed by atoms with van der Waals surface area (Å²) in [7, 11) is 0. The van der Waals surface area contributed by atoms with Crippen LogP contribution in [0.5, 0.6) is 23.0 Å². The van der Waals surface area contributed by atoms with Crippen LogP contribution in [0.4, 0.5) is 0 Å². The normalized spacial score (nSPS) is 13.6. The highest BCUT2D eigenvalue weighted by atomic mass is 16.3. The lowest BCUT2D eigenvalue weighted by molar-refractivity contribution is 0.443. The molecule has 0 saturated heterocycles. The Morgan fingerprint density at radius 1 is 0.405 bits per heavy atom. The maximum absolute atomic E-state index is 11.8. The van der Waals surface area contributed by atoms with Gasteiger partial charge in [-0.3, -0.25) is 0 Å². The Hall–Kier alpha value is -3.92. The molecule has 2 unspecified atom stereocenters. The minimum Gasteiger partial charge on any atom is -0.508 e. The predicted octanol–water partition coefficient (Wildman–Crippen LogP) is 9.21. The van der Waals surface area contributed by atoms with Crippen LogP contribution in [0, 0.1) is 0 Å². The molecule has 4 N–H and O–H groups in total. The molecule has 0 radical (unpaired) electrons. The smallest absolute Gasteiger partial charge is 0.123 e. The van der Waals surface area contributed by atoms with E-state index in [1.807, 2.05) is 69.3 Å². The van der Waals surface area contributed by atoms with Gasteiger partial charge in [-0.2, -0.15) is 0 Å². The fourth-order valence-electron chi connectivity index (χ4n) is 6.06. The summed E-state index contributed by atoms with van der Waals surface area (Å²) in [6.45, 7) is 14.4. The molecule has 4 rings (SSSR count). The number of rotatable bonds is 10. The number of aryl methyl sites for hydroxylation is 4. The van der Waals surface area contributed by atoms with E-state index < -0.39 is 0 Å². The van der Waals surface area contributed by atoms with Crippen molar-refractivity contribution in [3.8, 4) is 23.0 Å². The topological polar surface area (TPSA) is 80.9 Å². The van der Waals surface area contributed by atoms with Crippen LogP contribution in [0.25, 0.3) is 0 Å². The summed E-state index contributed by atoms with van der Waals surface area (Å²) in [5.41, 5.74) is 9.05. The Morgan fingerprint density at radius 3 is 0.952 bits per heavy atom. The van der Waals surface area contributed by atoms with E-state index in [9.17, 15) is 20.4 Å². The number of phenolic OH excluding ortho intramolecular Hbond substituents is 4. The minimum absolute atomic E-state index is 0.192. The van der Waals surface area contributed by atoms with Gasteiger partial charge >= 0.3 is 0 Å². The van der Waals surface area contributed by atoms with Gasteiger partial charge in [0.1, 0.15) is 23.0 Å². The van der Waals surface area contributed by atoms with Crippen molar-refractivity contribution < 1.29 is 20.4 Å². The van der Waals surface area contributed by atoms with Crippen LogP contribution >= 0.6 is 0 Å². The van der Waals surface area contributed by atoms with Gasteiger partial charge in [0.05, 0.1) is 0 Å². The van der Waals surface area contributed by atoms with Gasteiger partial charge in [-0.15, -0.1) is 0 Å². The fourth-order valence-corrected chi connectivity index (χ4v) is 6.06. The molecule has 0 saturated carbocycles. The third kappa shape index (κ3) is 5.99. The monoisotopic (exact) mass is 566 g/mol. The number of hydrogen-bond donors (Lipinski definition) is 4. The molecule has 0 aromatic heterocycles. The summed E-state index contributed by atoms with van der Waals surface area (Å²) >= 11 is 0. The molecule has 0 aliphatic rings. The summed E-state index contributed by atoms with van der Waals surface area (Å²) in [4.78, 5) is 0. The molecule has 4 aromatic rings. The molecule has 42 heavy (non-hydrogen) atoms. The summed E-state index contributed by atoms with van der Waals surface area (Å²) in [6, 6.07) is 19.5. The molecule has 4 nitrogen and oxygen atoms in total. The Morgan fingerprint density at radius 2 is 0.667 bits per heavy atom. The first-order valence-electron chi connectivity index (χ1n) is 15.4. The van der Waals surface area contributed by atoms with Crippen LogP contribution in [0.15, 0.2) is 60.7 Å². The highest BCUT2D eigenvalue weighted by molar-refractivity contribution is 5.58. The molecule has 0 amide bonds. The summed E-state index contributed by atoms with van der Waals surface area (Å²) in [5.74, 6) is 0.0695. The first-order valence-corrected chi connectivity index (χ1v) is 15.4. The van der Waals surface area contributed by atoms with E-state index in [4.69, 9.17) is 0 Å². The van der Waals surface area contributed by atoms with Crippen LogP contribution in [0.2, 0.25) is 0 Å². The average molecular weight is 567 g/mol. The highest BCUT2D eigenvalue weighted by Crippen LogP contribution is 2.46. The molecule has 4 aromatic carbocycles. The molecule has 0 fully saturated rings. The van der Waals surface area contributed by atoms with E-state index in [-0.39, 0.29) is 40.8 Å². The summed E-state index contributed by atoms with van der Waals surface area (Å²) in [5, 5.41) is 45.0. The maximum Gasteiger partial charge on any atom is 0.123 e. The van der Waals surface area contributed by atoms with Crippen molar-refractivity contribution >= 4 is 0 Å². The SMILES string of the molecule is CCc1ccc(O)c(C(C)c2cc(CC)cc(C(C)c3cc(CC)cc(C(C)c4cc(CC)ccc4O)c3O)c2O)c1. The predicted molar refractivity (Wildman–Crippen MR) is 172 cm³/mol. The molecule has 0 aliphatic heterocycles. The Bertz CT molecular complexity index is 1450. The van der Waals surface area contributed by atoms with Gasteiger partial charge in [0.25, 0.3) is 0 Å². The Labute approximate surface area is 251 Å². The van der Waals surface area contributed by atoms with Gasteiger partial charge in [-0.25, -0.2) is 0 Å². The van der Waals surface area contributed by atoms with Crippen molar-refractivity contribution in [3.05, 3.63) is 116 Å². The molecule has 0 heterocycles. The molecule has 0 aliphatic carbocycles. The number of aromatic hydroxyl groups is 4. The highest BCUT2D eigenvalue weighted by Gasteiger charge is 2.26. The van der Waals surface area contributed by atoms with E-state index in [0.29, 0.717) is 0 Å². The zero-order valence-electron chi connectivity index (χ0n) is 26.1.